The van der Waals surface area contributed by atoms with Crippen LogP contribution in [-0.2, 0) is 6.54 Å². The third kappa shape index (κ3) is 4.28. The first-order valence-electron chi connectivity index (χ1n) is 8.43. The average molecular weight is 337 g/mol. The van der Waals surface area contributed by atoms with Gasteiger partial charge >= 0.3 is 5.63 Å². The highest BCUT2D eigenvalue weighted by Crippen LogP contribution is 2.20. The summed E-state index contributed by atoms with van der Waals surface area (Å²) in [5.41, 5.74) is 3.52. The molecule has 0 fully saturated rings. The van der Waals surface area contributed by atoms with Crippen molar-refractivity contribution < 1.29 is 9.15 Å². The van der Waals surface area contributed by atoms with E-state index in [0.29, 0.717) is 18.7 Å². The molecule has 0 N–H and O–H groups in total. The van der Waals surface area contributed by atoms with Crippen molar-refractivity contribution in [1.82, 2.24) is 4.90 Å². The second-order valence-corrected chi connectivity index (χ2v) is 6.44. The summed E-state index contributed by atoms with van der Waals surface area (Å²) in [6.07, 6.45) is 0. The fraction of sp³-hybridized carbons (Fsp3) is 0.286. The zero-order chi connectivity index (χ0) is 17.8. The Hall–Kier alpha value is -2.59. The molecule has 0 amide bonds. The zero-order valence-corrected chi connectivity index (χ0v) is 14.9. The summed E-state index contributed by atoms with van der Waals surface area (Å²) in [4.78, 5) is 14.0. The van der Waals surface area contributed by atoms with Crippen molar-refractivity contribution in [1.29, 1.82) is 0 Å². The summed E-state index contributed by atoms with van der Waals surface area (Å²) < 4.78 is 11.2. The lowest BCUT2D eigenvalue weighted by molar-refractivity contribution is 0.232. The molecule has 0 spiro atoms. The molecule has 0 aliphatic rings. The van der Waals surface area contributed by atoms with Crippen molar-refractivity contribution in [2.45, 2.75) is 20.4 Å². The third-order valence-corrected chi connectivity index (χ3v) is 4.25. The lowest BCUT2D eigenvalue weighted by Gasteiger charge is -2.18. The second-order valence-electron chi connectivity index (χ2n) is 6.44. The second kappa shape index (κ2) is 7.53. The monoisotopic (exact) mass is 337 g/mol. The molecule has 0 aliphatic carbocycles. The minimum Gasteiger partial charge on any atom is -0.492 e. The summed E-state index contributed by atoms with van der Waals surface area (Å²) in [6.45, 7) is 6.06. The topological polar surface area (TPSA) is 42.7 Å². The molecule has 25 heavy (non-hydrogen) atoms. The van der Waals surface area contributed by atoms with Crippen LogP contribution in [0.3, 0.4) is 0 Å². The lowest BCUT2D eigenvalue weighted by Crippen LogP contribution is -2.24. The minimum atomic E-state index is -0.308. The predicted octanol–water partition coefficient (Wildman–Crippen LogP) is 3.92. The molecule has 0 radical (unpaired) electrons. The Kier molecular flexibility index (Phi) is 5.19. The number of ether oxygens (including phenoxy) is 1. The Morgan fingerprint density at radius 1 is 1.08 bits per heavy atom. The van der Waals surface area contributed by atoms with E-state index in [4.69, 9.17) is 9.15 Å². The van der Waals surface area contributed by atoms with Gasteiger partial charge in [0.05, 0.1) is 0 Å². The first-order chi connectivity index (χ1) is 12.0. The van der Waals surface area contributed by atoms with Gasteiger partial charge in [0.15, 0.2) is 0 Å². The van der Waals surface area contributed by atoms with Crippen molar-refractivity contribution in [2.75, 3.05) is 20.2 Å². The van der Waals surface area contributed by atoms with Gasteiger partial charge in [0.1, 0.15) is 17.9 Å². The molecule has 130 valence electrons. The fourth-order valence-corrected chi connectivity index (χ4v) is 2.87. The van der Waals surface area contributed by atoms with Gasteiger partial charge in [-0.3, -0.25) is 4.90 Å². The number of likely N-dealkylation sites (N-methyl/N-ethyl adjacent to an activating group) is 1. The molecule has 4 heteroatoms. The zero-order valence-electron chi connectivity index (χ0n) is 14.9. The van der Waals surface area contributed by atoms with Crippen LogP contribution in [0.1, 0.15) is 16.7 Å². The molecule has 2 aromatic carbocycles. The summed E-state index contributed by atoms with van der Waals surface area (Å²) in [5, 5.41) is 0.983. The van der Waals surface area contributed by atoms with Crippen LogP contribution in [0, 0.1) is 13.8 Å². The summed E-state index contributed by atoms with van der Waals surface area (Å²) in [5.74, 6) is 0.914. The molecule has 0 atom stereocenters. The number of hydrogen-bond acceptors (Lipinski definition) is 4. The van der Waals surface area contributed by atoms with E-state index in [-0.39, 0.29) is 5.63 Å². The van der Waals surface area contributed by atoms with E-state index >= 15 is 0 Å². The maximum Gasteiger partial charge on any atom is 0.336 e. The molecule has 1 aromatic heterocycles. The van der Waals surface area contributed by atoms with Crippen LogP contribution in [0.4, 0.5) is 0 Å². The molecular formula is C21H23NO3. The Labute approximate surface area is 147 Å². The van der Waals surface area contributed by atoms with Gasteiger partial charge < -0.3 is 9.15 Å². The van der Waals surface area contributed by atoms with E-state index in [2.05, 4.69) is 4.90 Å². The van der Waals surface area contributed by atoms with Gasteiger partial charge in [-0.05, 0) is 49.7 Å². The van der Waals surface area contributed by atoms with Gasteiger partial charge in [-0.1, -0.05) is 30.3 Å². The van der Waals surface area contributed by atoms with Gasteiger partial charge in [-0.2, -0.15) is 0 Å². The van der Waals surface area contributed by atoms with Crippen LogP contribution >= 0.6 is 0 Å². The number of rotatable bonds is 6. The smallest absolute Gasteiger partial charge is 0.336 e. The minimum absolute atomic E-state index is 0.308. The van der Waals surface area contributed by atoms with Gasteiger partial charge in [-0.25, -0.2) is 4.79 Å². The molecule has 0 saturated carbocycles. The first kappa shape index (κ1) is 17.2. The highest BCUT2D eigenvalue weighted by molar-refractivity contribution is 5.80. The van der Waals surface area contributed by atoms with E-state index in [9.17, 15) is 4.79 Å². The summed E-state index contributed by atoms with van der Waals surface area (Å²) in [6, 6.07) is 15.5. The first-order valence-corrected chi connectivity index (χ1v) is 8.43. The maximum absolute atomic E-state index is 11.8. The quantitative estimate of drug-likeness (QED) is 0.639. The van der Waals surface area contributed by atoms with Crippen LogP contribution in [-0.4, -0.2) is 25.1 Å². The Morgan fingerprint density at radius 2 is 1.88 bits per heavy atom. The number of fused-ring (bicyclic) bond motifs is 1. The highest BCUT2D eigenvalue weighted by atomic mass is 16.5. The van der Waals surface area contributed by atoms with E-state index in [1.54, 1.807) is 6.07 Å². The van der Waals surface area contributed by atoms with Crippen molar-refractivity contribution in [2.24, 2.45) is 0 Å². The fourth-order valence-electron chi connectivity index (χ4n) is 2.87. The predicted molar refractivity (Wildman–Crippen MR) is 100 cm³/mol. The molecule has 4 nitrogen and oxygen atoms in total. The molecule has 0 saturated heterocycles. The van der Waals surface area contributed by atoms with Crippen LogP contribution in [0.25, 0.3) is 11.0 Å². The van der Waals surface area contributed by atoms with Gasteiger partial charge in [-0.15, -0.1) is 0 Å². The Bertz CT molecular complexity index is 930. The third-order valence-electron chi connectivity index (χ3n) is 4.25. The van der Waals surface area contributed by atoms with Gasteiger partial charge in [0.2, 0.25) is 0 Å². The molecule has 0 unspecified atom stereocenters. The lowest BCUT2D eigenvalue weighted by atomic mass is 10.1. The average Bonchev–Trinajstić information content (AvgIpc) is 2.56. The Morgan fingerprint density at radius 3 is 2.68 bits per heavy atom. The van der Waals surface area contributed by atoms with Crippen LogP contribution in [0.2, 0.25) is 0 Å². The number of aryl methyl sites for hydroxylation is 2. The van der Waals surface area contributed by atoms with Crippen LogP contribution < -0.4 is 10.4 Å². The van der Waals surface area contributed by atoms with E-state index in [1.165, 1.54) is 0 Å². The van der Waals surface area contributed by atoms with E-state index < -0.39 is 0 Å². The number of benzene rings is 2. The molecule has 3 rings (SSSR count). The number of para-hydroxylation sites is 1. The summed E-state index contributed by atoms with van der Waals surface area (Å²) in [7, 11) is 2.02. The van der Waals surface area contributed by atoms with E-state index in [0.717, 1.165) is 34.4 Å². The normalized spacial score (nSPS) is 11.2. The number of nitrogens with zero attached hydrogens (tertiary/aromatic N) is 1. The van der Waals surface area contributed by atoms with Gasteiger partial charge in [0.25, 0.3) is 0 Å². The molecular weight excluding hydrogens is 314 g/mol. The SMILES string of the molecule is Cc1ccc2c(CN(C)CCOc3ccccc3C)cc(=O)oc2c1. The Balaban J connectivity index is 1.67. The van der Waals surface area contributed by atoms with Crippen molar-refractivity contribution in [3.8, 4) is 5.75 Å². The summed E-state index contributed by atoms with van der Waals surface area (Å²) >= 11 is 0. The highest BCUT2D eigenvalue weighted by Gasteiger charge is 2.09. The van der Waals surface area contributed by atoms with Gasteiger partial charge in [0, 0.05) is 24.5 Å². The van der Waals surface area contributed by atoms with Crippen molar-refractivity contribution in [3.63, 3.8) is 0 Å². The van der Waals surface area contributed by atoms with Crippen LogP contribution in [0.15, 0.2) is 57.7 Å². The molecule has 1 heterocycles. The largest absolute Gasteiger partial charge is 0.492 e. The van der Waals surface area contributed by atoms with Crippen LogP contribution in [0.5, 0.6) is 5.75 Å². The molecule has 3 aromatic rings. The van der Waals surface area contributed by atoms with E-state index in [1.807, 2.05) is 63.4 Å². The standard InChI is InChI=1S/C21H23NO3/c1-15-8-9-18-17(13-21(23)25-20(18)12-15)14-22(3)10-11-24-19-7-5-4-6-16(19)2/h4-9,12-13H,10-11,14H2,1-3H3. The van der Waals surface area contributed by atoms with Crippen molar-refractivity contribution >= 4 is 11.0 Å². The maximum atomic E-state index is 11.8. The number of hydrogen-bond donors (Lipinski definition) is 0. The molecule has 0 bridgehead atoms. The molecule has 0 aliphatic heterocycles. The van der Waals surface area contributed by atoms with Crippen molar-refractivity contribution in [3.05, 3.63) is 75.6 Å².